The van der Waals surface area contributed by atoms with Gasteiger partial charge in [-0.3, -0.25) is 4.79 Å². The molecule has 0 bridgehead atoms. The Labute approximate surface area is 173 Å². The van der Waals surface area contributed by atoms with Gasteiger partial charge in [-0.05, 0) is 55.5 Å². The molecule has 156 valence electrons. The molecule has 5 heteroatoms. The number of likely N-dealkylation sites (tertiary alicyclic amines) is 1. The lowest BCUT2D eigenvalue weighted by Gasteiger charge is -2.32. The number of unbranched alkanes of at least 4 members (excludes halogenated alkanes) is 1. The van der Waals surface area contributed by atoms with Crippen molar-refractivity contribution in [2.75, 3.05) is 33.4 Å². The first kappa shape index (κ1) is 21.0. The first-order valence-corrected chi connectivity index (χ1v) is 10.5. The molecule has 2 aromatic carbocycles. The molecule has 0 spiro atoms. The second kappa shape index (κ2) is 10.7. The average Bonchev–Trinajstić information content (AvgIpc) is 2.78. The lowest BCUT2D eigenvalue weighted by Crippen LogP contribution is -2.39. The van der Waals surface area contributed by atoms with Gasteiger partial charge < -0.3 is 19.1 Å². The number of carbonyl (C=O) groups is 1. The van der Waals surface area contributed by atoms with Gasteiger partial charge in [0.15, 0.2) is 11.5 Å². The van der Waals surface area contributed by atoms with Crippen LogP contribution in [0.15, 0.2) is 48.5 Å². The van der Waals surface area contributed by atoms with E-state index < -0.39 is 0 Å². The molecule has 0 aliphatic carbocycles. The topological polar surface area (TPSA) is 48.0 Å². The van der Waals surface area contributed by atoms with E-state index in [9.17, 15) is 4.79 Å². The zero-order valence-electron chi connectivity index (χ0n) is 17.4. The van der Waals surface area contributed by atoms with Gasteiger partial charge in [-0.1, -0.05) is 31.5 Å². The van der Waals surface area contributed by atoms with Crippen molar-refractivity contribution in [2.24, 2.45) is 5.92 Å². The molecular weight excluding hydrogens is 366 g/mol. The Bertz CT molecular complexity index is 770. The van der Waals surface area contributed by atoms with Crippen LogP contribution in [0, 0.1) is 5.92 Å². The first-order chi connectivity index (χ1) is 14.2. The van der Waals surface area contributed by atoms with Crippen molar-refractivity contribution in [3.05, 3.63) is 54.1 Å². The highest BCUT2D eigenvalue weighted by atomic mass is 16.5. The van der Waals surface area contributed by atoms with Crippen molar-refractivity contribution in [1.82, 2.24) is 4.90 Å². The number of benzene rings is 2. The smallest absolute Gasteiger partial charge is 0.253 e. The van der Waals surface area contributed by atoms with Crippen LogP contribution >= 0.6 is 0 Å². The van der Waals surface area contributed by atoms with Crippen LogP contribution in [0.4, 0.5) is 0 Å². The Morgan fingerprint density at radius 2 is 1.79 bits per heavy atom. The van der Waals surface area contributed by atoms with Crippen LogP contribution in [0.5, 0.6) is 17.2 Å². The van der Waals surface area contributed by atoms with Crippen LogP contribution in [0.2, 0.25) is 0 Å². The van der Waals surface area contributed by atoms with Gasteiger partial charge in [-0.2, -0.15) is 0 Å². The van der Waals surface area contributed by atoms with E-state index in [1.54, 1.807) is 13.2 Å². The third-order valence-corrected chi connectivity index (χ3v) is 5.30. The Balaban J connectivity index is 1.52. The van der Waals surface area contributed by atoms with E-state index in [0.717, 1.165) is 44.5 Å². The van der Waals surface area contributed by atoms with E-state index in [0.29, 0.717) is 36.2 Å². The second-order valence-electron chi connectivity index (χ2n) is 7.43. The molecule has 29 heavy (non-hydrogen) atoms. The number of hydrogen-bond donors (Lipinski definition) is 0. The fourth-order valence-corrected chi connectivity index (χ4v) is 3.46. The van der Waals surface area contributed by atoms with E-state index in [1.807, 2.05) is 47.4 Å². The summed E-state index contributed by atoms with van der Waals surface area (Å²) in [5.74, 6) is 2.72. The predicted molar refractivity (Wildman–Crippen MR) is 114 cm³/mol. The quantitative estimate of drug-likeness (QED) is 0.570. The zero-order valence-corrected chi connectivity index (χ0v) is 17.4. The highest BCUT2D eigenvalue weighted by Crippen LogP contribution is 2.29. The van der Waals surface area contributed by atoms with Crippen LogP contribution in [0.1, 0.15) is 43.0 Å². The van der Waals surface area contributed by atoms with Crippen molar-refractivity contribution in [3.8, 4) is 17.2 Å². The Hall–Kier alpha value is -2.69. The highest BCUT2D eigenvalue weighted by Gasteiger charge is 2.24. The molecule has 0 aromatic heterocycles. The summed E-state index contributed by atoms with van der Waals surface area (Å²) < 4.78 is 17.1. The Morgan fingerprint density at radius 1 is 1.03 bits per heavy atom. The molecule has 1 aliphatic heterocycles. The maximum absolute atomic E-state index is 12.9. The van der Waals surface area contributed by atoms with Gasteiger partial charge in [0, 0.05) is 18.7 Å². The number of ether oxygens (including phenoxy) is 3. The number of amides is 1. The molecule has 1 heterocycles. The lowest BCUT2D eigenvalue weighted by atomic mass is 9.97. The number of hydrogen-bond acceptors (Lipinski definition) is 4. The molecule has 0 saturated carbocycles. The van der Waals surface area contributed by atoms with E-state index in [-0.39, 0.29) is 5.91 Å². The monoisotopic (exact) mass is 397 g/mol. The van der Waals surface area contributed by atoms with E-state index in [1.165, 1.54) is 0 Å². The van der Waals surface area contributed by atoms with Crippen molar-refractivity contribution in [3.63, 3.8) is 0 Å². The van der Waals surface area contributed by atoms with Gasteiger partial charge in [0.2, 0.25) is 0 Å². The average molecular weight is 398 g/mol. The fraction of sp³-hybridized carbons (Fsp3) is 0.458. The van der Waals surface area contributed by atoms with Crippen molar-refractivity contribution in [2.45, 2.75) is 32.6 Å². The number of nitrogens with zero attached hydrogens (tertiary/aromatic N) is 1. The molecule has 1 saturated heterocycles. The van der Waals surface area contributed by atoms with Crippen LogP contribution in [-0.2, 0) is 0 Å². The van der Waals surface area contributed by atoms with E-state index >= 15 is 0 Å². The van der Waals surface area contributed by atoms with Crippen LogP contribution in [0.3, 0.4) is 0 Å². The first-order valence-electron chi connectivity index (χ1n) is 10.5. The van der Waals surface area contributed by atoms with Crippen molar-refractivity contribution >= 4 is 5.91 Å². The molecule has 0 radical (unpaired) electrons. The zero-order chi connectivity index (χ0) is 20.5. The molecule has 0 N–H and O–H groups in total. The molecule has 5 nitrogen and oxygen atoms in total. The second-order valence-corrected chi connectivity index (χ2v) is 7.43. The standard InChI is InChI=1S/C24H31NO4/c1-3-4-16-28-22-11-10-20(17-23(22)27-2)24(26)25-14-12-19(13-15-25)18-29-21-8-6-5-7-9-21/h5-11,17,19H,3-4,12-16,18H2,1-2H3. The fourth-order valence-electron chi connectivity index (χ4n) is 3.46. The number of carbonyl (C=O) groups excluding carboxylic acids is 1. The Kier molecular flexibility index (Phi) is 7.79. The maximum atomic E-state index is 12.9. The number of rotatable bonds is 9. The summed E-state index contributed by atoms with van der Waals surface area (Å²) in [4.78, 5) is 14.8. The summed E-state index contributed by atoms with van der Waals surface area (Å²) in [6, 6.07) is 15.3. The SMILES string of the molecule is CCCCOc1ccc(C(=O)N2CCC(COc3ccccc3)CC2)cc1OC. The van der Waals surface area contributed by atoms with Crippen molar-refractivity contribution in [1.29, 1.82) is 0 Å². The summed E-state index contributed by atoms with van der Waals surface area (Å²) in [6.45, 7) is 4.97. The minimum absolute atomic E-state index is 0.0471. The summed E-state index contributed by atoms with van der Waals surface area (Å²) >= 11 is 0. The minimum atomic E-state index is 0.0471. The Morgan fingerprint density at radius 3 is 2.48 bits per heavy atom. The third kappa shape index (κ3) is 5.89. The molecule has 1 amide bonds. The number of methoxy groups -OCH3 is 1. The minimum Gasteiger partial charge on any atom is -0.493 e. The molecule has 1 fully saturated rings. The van der Waals surface area contributed by atoms with Crippen molar-refractivity contribution < 1.29 is 19.0 Å². The van der Waals surface area contributed by atoms with Crippen LogP contribution in [0.25, 0.3) is 0 Å². The van der Waals surface area contributed by atoms with Gasteiger partial charge in [0.05, 0.1) is 20.3 Å². The number of para-hydroxylation sites is 1. The highest BCUT2D eigenvalue weighted by molar-refractivity contribution is 5.95. The molecule has 3 rings (SSSR count). The van der Waals surface area contributed by atoms with Gasteiger partial charge in [0.25, 0.3) is 5.91 Å². The summed E-state index contributed by atoms with van der Waals surface area (Å²) in [6.07, 6.45) is 3.97. The van der Waals surface area contributed by atoms with Crippen LogP contribution in [-0.4, -0.2) is 44.2 Å². The van der Waals surface area contributed by atoms with E-state index in [2.05, 4.69) is 6.92 Å². The summed E-state index contributed by atoms with van der Waals surface area (Å²) in [5.41, 5.74) is 0.642. The van der Waals surface area contributed by atoms with Gasteiger partial charge >= 0.3 is 0 Å². The summed E-state index contributed by atoms with van der Waals surface area (Å²) in [5, 5.41) is 0. The molecule has 2 aromatic rings. The predicted octanol–water partition coefficient (Wildman–Crippen LogP) is 4.81. The number of piperidine rings is 1. The normalized spacial score (nSPS) is 14.5. The summed E-state index contributed by atoms with van der Waals surface area (Å²) in [7, 11) is 1.61. The molecule has 0 atom stereocenters. The largest absolute Gasteiger partial charge is 0.493 e. The van der Waals surface area contributed by atoms with E-state index in [4.69, 9.17) is 14.2 Å². The van der Waals surface area contributed by atoms with Gasteiger partial charge in [-0.15, -0.1) is 0 Å². The molecule has 1 aliphatic rings. The maximum Gasteiger partial charge on any atom is 0.253 e. The lowest BCUT2D eigenvalue weighted by molar-refractivity contribution is 0.0660. The third-order valence-electron chi connectivity index (χ3n) is 5.30. The van der Waals surface area contributed by atoms with Gasteiger partial charge in [0.1, 0.15) is 5.75 Å². The molecular formula is C24H31NO4. The van der Waals surface area contributed by atoms with Crippen LogP contribution < -0.4 is 14.2 Å². The molecule has 0 unspecified atom stereocenters. The van der Waals surface area contributed by atoms with Gasteiger partial charge in [-0.25, -0.2) is 0 Å².